The van der Waals surface area contributed by atoms with Gasteiger partial charge < -0.3 is 10.1 Å². The number of hydrogen-bond donors (Lipinski definition) is 1. The molecule has 158 valence electrons. The summed E-state index contributed by atoms with van der Waals surface area (Å²) in [6.45, 7) is 4.48. The molecule has 1 N–H and O–H groups in total. The normalized spacial score (nSPS) is 18.9. The molecule has 1 fully saturated rings. The van der Waals surface area contributed by atoms with Gasteiger partial charge in [0.1, 0.15) is 6.10 Å². The van der Waals surface area contributed by atoms with Crippen LogP contribution in [0.15, 0.2) is 41.4 Å². The first-order valence-corrected chi connectivity index (χ1v) is 10.8. The van der Waals surface area contributed by atoms with E-state index in [0.717, 1.165) is 17.1 Å². The van der Waals surface area contributed by atoms with E-state index < -0.39 is 12.2 Å². The number of cyclic esters (lactones) is 1. The van der Waals surface area contributed by atoms with Gasteiger partial charge in [-0.15, -0.1) is 11.3 Å². The van der Waals surface area contributed by atoms with Gasteiger partial charge >= 0.3 is 6.09 Å². The molecular formula is C20H21ClN4O4S. The number of carbonyl (C=O) groups excluding carboxylic acids is 2. The Morgan fingerprint density at radius 2 is 2.10 bits per heavy atom. The SMILES string of the molecule is CCN1OCCN=C1c1ccc(N2C[C@H](CNC(=O)c3ccc(Cl)s3)OC2=O)cc1. The number of amides is 2. The van der Waals surface area contributed by atoms with E-state index in [1.165, 1.54) is 11.3 Å². The van der Waals surface area contributed by atoms with Crippen LogP contribution in [0.3, 0.4) is 0 Å². The Kier molecular flexibility index (Phi) is 6.21. The maximum atomic E-state index is 12.3. The number of rotatable bonds is 6. The van der Waals surface area contributed by atoms with Gasteiger partial charge in [0, 0.05) is 17.8 Å². The molecule has 1 aromatic heterocycles. The Bertz CT molecular complexity index is 962. The van der Waals surface area contributed by atoms with Crippen LogP contribution in [0, 0.1) is 0 Å². The second-order valence-corrected chi connectivity index (χ2v) is 8.43. The van der Waals surface area contributed by atoms with Gasteiger partial charge in [-0.1, -0.05) is 11.6 Å². The molecule has 1 aromatic carbocycles. The largest absolute Gasteiger partial charge is 0.442 e. The number of hydroxylamine groups is 2. The van der Waals surface area contributed by atoms with Crippen molar-refractivity contribution < 1.29 is 19.2 Å². The number of benzene rings is 1. The molecule has 1 atom stereocenters. The lowest BCUT2D eigenvalue weighted by Crippen LogP contribution is -2.36. The lowest BCUT2D eigenvalue weighted by molar-refractivity contribution is -0.0995. The van der Waals surface area contributed by atoms with Gasteiger partial charge in [-0.05, 0) is 43.3 Å². The molecule has 2 aromatic rings. The minimum atomic E-state index is -0.435. The molecule has 2 aliphatic rings. The summed E-state index contributed by atoms with van der Waals surface area (Å²) in [6, 6.07) is 10.9. The summed E-state index contributed by atoms with van der Waals surface area (Å²) in [4.78, 5) is 36.7. The zero-order valence-electron chi connectivity index (χ0n) is 16.3. The van der Waals surface area contributed by atoms with Crippen LogP contribution >= 0.6 is 22.9 Å². The number of nitrogens with one attached hydrogen (secondary N) is 1. The third-order valence-electron chi connectivity index (χ3n) is 4.72. The monoisotopic (exact) mass is 448 g/mol. The molecule has 0 saturated carbocycles. The molecule has 0 radical (unpaired) electrons. The molecule has 0 spiro atoms. The standard InChI is InChI=1S/C20H21ClN4O4S/c1-2-25-18(22-9-10-28-25)13-3-5-14(6-4-13)24-12-15(29-20(24)27)11-23-19(26)16-7-8-17(21)30-16/h3-8,15H,2,9-12H2,1H3,(H,23,26)/t15-/m0/s1. The van der Waals surface area contributed by atoms with Crippen LogP contribution in [0.4, 0.5) is 10.5 Å². The molecule has 1 saturated heterocycles. The van der Waals surface area contributed by atoms with Crippen LogP contribution in [-0.4, -0.2) is 61.8 Å². The molecule has 2 aliphatic heterocycles. The van der Waals surface area contributed by atoms with E-state index in [2.05, 4.69) is 10.3 Å². The average Bonchev–Trinajstić information content (AvgIpc) is 3.37. The second-order valence-electron chi connectivity index (χ2n) is 6.71. The number of aliphatic imine (C=N–C) groups is 1. The van der Waals surface area contributed by atoms with Gasteiger partial charge in [0.2, 0.25) is 0 Å². The van der Waals surface area contributed by atoms with Gasteiger partial charge in [-0.25, -0.2) is 9.86 Å². The first-order chi connectivity index (χ1) is 14.5. The Morgan fingerprint density at radius 3 is 2.80 bits per heavy atom. The quantitative estimate of drug-likeness (QED) is 0.733. The minimum Gasteiger partial charge on any atom is -0.442 e. The number of nitrogens with zero attached hydrogens (tertiary/aromatic N) is 3. The first kappa shape index (κ1) is 20.6. The predicted molar refractivity (Wildman–Crippen MR) is 115 cm³/mol. The van der Waals surface area contributed by atoms with E-state index in [-0.39, 0.29) is 12.5 Å². The highest BCUT2D eigenvalue weighted by molar-refractivity contribution is 7.18. The molecule has 2 amide bonds. The highest BCUT2D eigenvalue weighted by atomic mass is 35.5. The highest BCUT2D eigenvalue weighted by Gasteiger charge is 2.32. The van der Waals surface area contributed by atoms with E-state index in [0.29, 0.717) is 35.5 Å². The number of halogens is 1. The number of amidine groups is 1. The number of thiophene rings is 1. The zero-order chi connectivity index (χ0) is 21.1. The van der Waals surface area contributed by atoms with Gasteiger partial charge in [0.05, 0.1) is 35.5 Å². The molecule has 3 heterocycles. The lowest BCUT2D eigenvalue weighted by atomic mass is 10.1. The Hall–Kier alpha value is -2.62. The fraction of sp³-hybridized carbons (Fsp3) is 0.350. The number of hydrogen-bond acceptors (Lipinski definition) is 7. The molecule has 30 heavy (non-hydrogen) atoms. The van der Waals surface area contributed by atoms with Gasteiger partial charge in [-0.2, -0.15) is 0 Å². The van der Waals surface area contributed by atoms with Crippen LogP contribution in [0.2, 0.25) is 4.34 Å². The summed E-state index contributed by atoms with van der Waals surface area (Å²) in [6.07, 6.45) is -0.863. The van der Waals surface area contributed by atoms with Crippen molar-refractivity contribution in [1.29, 1.82) is 0 Å². The summed E-state index contributed by atoms with van der Waals surface area (Å²) in [7, 11) is 0. The fourth-order valence-corrected chi connectivity index (χ4v) is 4.24. The lowest BCUT2D eigenvalue weighted by Gasteiger charge is -2.27. The fourth-order valence-electron chi connectivity index (χ4n) is 3.28. The van der Waals surface area contributed by atoms with E-state index in [1.54, 1.807) is 22.1 Å². The maximum Gasteiger partial charge on any atom is 0.414 e. The Balaban J connectivity index is 1.37. The van der Waals surface area contributed by atoms with Gasteiger partial charge in [-0.3, -0.25) is 19.5 Å². The number of carbonyl (C=O) groups is 2. The van der Waals surface area contributed by atoms with Crippen molar-refractivity contribution in [2.45, 2.75) is 13.0 Å². The third kappa shape index (κ3) is 4.43. The van der Waals surface area contributed by atoms with Gasteiger partial charge in [0.15, 0.2) is 5.84 Å². The Morgan fingerprint density at radius 1 is 1.30 bits per heavy atom. The molecule has 0 aliphatic carbocycles. The summed E-state index contributed by atoms with van der Waals surface area (Å²) in [5.74, 6) is 0.551. The zero-order valence-corrected chi connectivity index (χ0v) is 17.9. The van der Waals surface area contributed by atoms with Crippen LogP contribution in [-0.2, 0) is 9.57 Å². The minimum absolute atomic E-state index is 0.230. The van der Waals surface area contributed by atoms with Gasteiger partial charge in [0.25, 0.3) is 5.91 Å². The molecule has 4 rings (SSSR count). The van der Waals surface area contributed by atoms with Crippen molar-refractivity contribution in [2.24, 2.45) is 4.99 Å². The van der Waals surface area contributed by atoms with Crippen LogP contribution in [0.5, 0.6) is 0 Å². The van der Waals surface area contributed by atoms with Crippen LogP contribution in [0.25, 0.3) is 0 Å². The summed E-state index contributed by atoms with van der Waals surface area (Å²) in [5.41, 5.74) is 1.65. The topological polar surface area (TPSA) is 83.5 Å². The second kappa shape index (κ2) is 9.03. The molecule has 8 nitrogen and oxygen atoms in total. The van der Waals surface area contributed by atoms with E-state index in [4.69, 9.17) is 21.2 Å². The van der Waals surface area contributed by atoms with Crippen LogP contribution in [0.1, 0.15) is 22.2 Å². The van der Waals surface area contributed by atoms with Crippen molar-refractivity contribution >= 4 is 46.5 Å². The van der Waals surface area contributed by atoms with E-state index in [9.17, 15) is 9.59 Å². The summed E-state index contributed by atoms with van der Waals surface area (Å²) >= 11 is 7.06. The maximum absolute atomic E-state index is 12.3. The summed E-state index contributed by atoms with van der Waals surface area (Å²) < 4.78 is 5.95. The van der Waals surface area contributed by atoms with Crippen molar-refractivity contribution in [3.8, 4) is 0 Å². The van der Waals surface area contributed by atoms with Crippen LogP contribution < -0.4 is 10.2 Å². The molecule has 10 heteroatoms. The van der Waals surface area contributed by atoms with Crippen molar-refractivity contribution in [1.82, 2.24) is 10.4 Å². The molecular weight excluding hydrogens is 428 g/mol. The first-order valence-electron chi connectivity index (χ1n) is 9.62. The molecule has 0 unspecified atom stereocenters. The Labute approximate surface area is 183 Å². The predicted octanol–water partition coefficient (Wildman–Crippen LogP) is 3.17. The highest BCUT2D eigenvalue weighted by Crippen LogP contribution is 2.24. The van der Waals surface area contributed by atoms with Crippen molar-refractivity contribution in [2.75, 3.05) is 37.7 Å². The third-order valence-corrected chi connectivity index (χ3v) is 5.95. The van der Waals surface area contributed by atoms with E-state index >= 15 is 0 Å². The average molecular weight is 449 g/mol. The van der Waals surface area contributed by atoms with Crippen molar-refractivity contribution in [3.05, 3.63) is 51.2 Å². The summed E-state index contributed by atoms with van der Waals surface area (Å²) in [5, 5.41) is 4.55. The number of ether oxygens (including phenoxy) is 1. The van der Waals surface area contributed by atoms with Crippen molar-refractivity contribution in [3.63, 3.8) is 0 Å². The number of anilines is 1. The van der Waals surface area contributed by atoms with E-state index in [1.807, 2.05) is 31.2 Å². The molecule has 0 bridgehead atoms. The smallest absolute Gasteiger partial charge is 0.414 e.